The van der Waals surface area contributed by atoms with Gasteiger partial charge in [0.1, 0.15) is 5.54 Å². The van der Waals surface area contributed by atoms with E-state index in [9.17, 15) is 19.7 Å². The number of rotatable bonds is 4. The zero-order valence-corrected chi connectivity index (χ0v) is 21.3. The van der Waals surface area contributed by atoms with Crippen molar-refractivity contribution in [3.05, 3.63) is 103 Å². The topological polar surface area (TPSA) is 92.5 Å². The van der Waals surface area contributed by atoms with Gasteiger partial charge in [0.2, 0.25) is 5.91 Å². The Bertz CT molecular complexity index is 1410. The van der Waals surface area contributed by atoms with Crippen LogP contribution < -0.4 is 5.32 Å². The minimum absolute atomic E-state index is 0.0127. The van der Waals surface area contributed by atoms with Crippen molar-refractivity contribution < 1.29 is 14.5 Å². The zero-order valence-electron chi connectivity index (χ0n) is 19.0. The second-order valence-electron chi connectivity index (χ2n) is 9.54. The third-order valence-corrected chi connectivity index (χ3v) is 8.63. The van der Waals surface area contributed by atoms with E-state index in [4.69, 9.17) is 11.6 Å². The average molecular weight is 567 g/mol. The number of Topliss-reactive ketones (excluding diaryl/α,β-unsaturated/α-hetero) is 1. The Labute approximate surface area is 220 Å². The number of non-ortho nitro benzene ring substituents is 1. The predicted octanol–water partition coefficient (Wildman–Crippen LogP) is 5.92. The number of nitrogens with zero attached hydrogens (tertiary/aromatic N) is 2. The summed E-state index contributed by atoms with van der Waals surface area (Å²) in [6.45, 7) is 0.664. The van der Waals surface area contributed by atoms with Crippen LogP contribution in [0.5, 0.6) is 0 Å². The SMILES string of the molecule is O=C(c1ccc(Br)cc1)C1C(c2ccc([N+](=O)[O-])cc2)C2CCCN2[C@@]12C(=O)Nc1ccc(Cl)cc12. The molecule has 0 bridgehead atoms. The molecule has 4 atom stereocenters. The number of hydrogen-bond donors (Lipinski definition) is 1. The maximum atomic E-state index is 14.4. The smallest absolute Gasteiger partial charge is 0.269 e. The quantitative estimate of drug-likeness (QED) is 0.240. The van der Waals surface area contributed by atoms with Gasteiger partial charge in [-0.25, -0.2) is 0 Å². The van der Waals surface area contributed by atoms with Gasteiger partial charge in [-0.15, -0.1) is 0 Å². The van der Waals surface area contributed by atoms with Crippen molar-refractivity contribution in [2.24, 2.45) is 5.92 Å². The molecule has 36 heavy (non-hydrogen) atoms. The maximum absolute atomic E-state index is 14.4. The first-order chi connectivity index (χ1) is 17.3. The van der Waals surface area contributed by atoms with Gasteiger partial charge in [-0.05, 0) is 55.3 Å². The highest BCUT2D eigenvalue weighted by Crippen LogP contribution is 2.61. The molecule has 9 heteroatoms. The van der Waals surface area contributed by atoms with E-state index in [1.54, 1.807) is 42.5 Å². The van der Waals surface area contributed by atoms with Crippen molar-refractivity contribution in [1.82, 2.24) is 4.90 Å². The molecule has 182 valence electrons. The number of fused-ring (bicyclic) bond motifs is 4. The van der Waals surface area contributed by atoms with Crippen molar-refractivity contribution >= 4 is 50.6 Å². The van der Waals surface area contributed by atoms with Crippen molar-refractivity contribution in [2.75, 3.05) is 11.9 Å². The number of halogens is 2. The van der Waals surface area contributed by atoms with Crippen LogP contribution in [0.15, 0.2) is 71.2 Å². The lowest BCUT2D eigenvalue weighted by Gasteiger charge is -2.37. The fraction of sp³-hybridized carbons (Fsp3) is 0.259. The standard InChI is InChI=1S/C27H21BrClN3O4/c28-17-7-3-16(4-8-17)25(33)24-23(15-5-10-19(11-6-15)32(35)36)22-2-1-13-31(22)27(24)20-14-18(29)9-12-21(20)30-26(27)34/h3-12,14,22-24H,1-2,13H2,(H,30,34)/t22?,23?,24?,27-/m1/s1. The first-order valence-corrected chi connectivity index (χ1v) is 12.9. The number of anilines is 1. The van der Waals surface area contributed by atoms with Gasteiger partial charge in [0.05, 0.1) is 10.8 Å². The molecule has 0 radical (unpaired) electrons. The summed E-state index contributed by atoms with van der Waals surface area (Å²) >= 11 is 9.86. The monoisotopic (exact) mass is 565 g/mol. The Balaban J connectivity index is 1.59. The highest BCUT2D eigenvalue weighted by Gasteiger charge is 2.69. The third-order valence-electron chi connectivity index (χ3n) is 7.86. The van der Waals surface area contributed by atoms with Crippen LogP contribution in [-0.2, 0) is 10.3 Å². The normalized spacial score (nSPS) is 26.6. The number of nitro groups is 1. The summed E-state index contributed by atoms with van der Waals surface area (Å²) in [5.74, 6) is -1.44. The summed E-state index contributed by atoms with van der Waals surface area (Å²) in [6, 6.07) is 18.8. The second-order valence-corrected chi connectivity index (χ2v) is 10.9. The highest BCUT2D eigenvalue weighted by molar-refractivity contribution is 9.10. The highest BCUT2D eigenvalue weighted by atomic mass is 79.9. The van der Waals surface area contributed by atoms with Crippen LogP contribution in [0.25, 0.3) is 0 Å². The number of nitrogens with one attached hydrogen (secondary N) is 1. The Morgan fingerprint density at radius 1 is 1.11 bits per heavy atom. The van der Waals surface area contributed by atoms with Crippen molar-refractivity contribution in [3.63, 3.8) is 0 Å². The summed E-state index contributed by atoms with van der Waals surface area (Å²) in [7, 11) is 0. The molecule has 7 nitrogen and oxygen atoms in total. The molecule has 3 aliphatic rings. The van der Waals surface area contributed by atoms with Crippen LogP contribution in [0.2, 0.25) is 5.02 Å². The summed E-state index contributed by atoms with van der Waals surface area (Å²) < 4.78 is 0.850. The molecule has 0 aromatic heterocycles. The first kappa shape index (κ1) is 23.3. The summed E-state index contributed by atoms with van der Waals surface area (Å²) in [4.78, 5) is 41.4. The van der Waals surface area contributed by atoms with Crippen LogP contribution in [0.4, 0.5) is 11.4 Å². The lowest BCUT2D eigenvalue weighted by Crippen LogP contribution is -2.52. The van der Waals surface area contributed by atoms with E-state index in [1.165, 1.54) is 12.1 Å². The number of carbonyl (C=O) groups is 2. The summed E-state index contributed by atoms with van der Waals surface area (Å²) in [5.41, 5.74) is 1.46. The Kier molecular flexibility index (Phi) is 5.51. The number of amides is 1. The predicted molar refractivity (Wildman–Crippen MR) is 139 cm³/mol. The molecule has 3 heterocycles. The molecule has 1 N–H and O–H groups in total. The van der Waals surface area contributed by atoms with Crippen LogP contribution >= 0.6 is 27.5 Å². The van der Waals surface area contributed by atoms with E-state index in [2.05, 4.69) is 26.1 Å². The van der Waals surface area contributed by atoms with E-state index in [-0.39, 0.29) is 29.3 Å². The fourth-order valence-corrected chi connectivity index (χ4v) is 6.95. The summed E-state index contributed by atoms with van der Waals surface area (Å²) in [5, 5.41) is 14.8. The Morgan fingerprint density at radius 2 is 1.83 bits per heavy atom. The molecule has 3 aliphatic heterocycles. The van der Waals surface area contributed by atoms with Crippen LogP contribution in [0.1, 0.15) is 40.2 Å². The van der Waals surface area contributed by atoms with Crippen molar-refractivity contribution in [3.8, 4) is 0 Å². The van der Waals surface area contributed by atoms with Crippen LogP contribution in [-0.4, -0.2) is 34.1 Å². The van der Waals surface area contributed by atoms with Gasteiger partial charge in [0.25, 0.3) is 5.69 Å². The van der Waals surface area contributed by atoms with Gasteiger partial charge in [-0.1, -0.05) is 51.8 Å². The Hall–Kier alpha value is -3.07. The molecule has 3 aromatic carbocycles. The van der Waals surface area contributed by atoms with E-state index in [0.717, 1.165) is 22.9 Å². The summed E-state index contributed by atoms with van der Waals surface area (Å²) in [6.07, 6.45) is 1.70. The number of benzene rings is 3. The lowest BCUT2D eigenvalue weighted by atomic mass is 9.69. The maximum Gasteiger partial charge on any atom is 0.269 e. The minimum Gasteiger partial charge on any atom is -0.324 e. The lowest BCUT2D eigenvalue weighted by molar-refractivity contribution is -0.384. The molecule has 1 spiro atoms. The number of hydrogen-bond acceptors (Lipinski definition) is 5. The molecular weight excluding hydrogens is 546 g/mol. The van der Waals surface area contributed by atoms with Gasteiger partial charge in [-0.2, -0.15) is 0 Å². The van der Waals surface area contributed by atoms with E-state index >= 15 is 0 Å². The van der Waals surface area contributed by atoms with Crippen molar-refractivity contribution in [2.45, 2.75) is 30.3 Å². The number of nitro benzene ring substituents is 1. The van der Waals surface area contributed by atoms with Gasteiger partial charge in [0, 0.05) is 50.4 Å². The van der Waals surface area contributed by atoms with Gasteiger partial charge in [0.15, 0.2) is 5.78 Å². The molecule has 0 saturated carbocycles. The van der Waals surface area contributed by atoms with Crippen LogP contribution in [0, 0.1) is 16.0 Å². The molecule has 2 saturated heterocycles. The van der Waals surface area contributed by atoms with E-state index in [0.29, 0.717) is 28.4 Å². The van der Waals surface area contributed by atoms with Gasteiger partial charge in [-0.3, -0.25) is 24.6 Å². The molecule has 3 aromatic rings. The van der Waals surface area contributed by atoms with Crippen molar-refractivity contribution in [1.29, 1.82) is 0 Å². The second kappa shape index (κ2) is 8.50. The van der Waals surface area contributed by atoms with E-state index in [1.807, 2.05) is 12.1 Å². The number of carbonyl (C=O) groups excluding carboxylic acids is 2. The fourth-order valence-electron chi connectivity index (χ4n) is 6.52. The molecular formula is C27H21BrClN3O4. The average Bonchev–Trinajstić information content (AvgIpc) is 3.52. The first-order valence-electron chi connectivity index (χ1n) is 11.7. The van der Waals surface area contributed by atoms with Gasteiger partial charge >= 0.3 is 0 Å². The van der Waals surface area contributed by atoms with Crippen LogP contribution in [0.3, 0.4) is 0 Å². The molecule has 1 amide bonds. The molecule has 6 rings (SSSR count). The number of ketones is 1. The third kappa shape index (κ3) is 3.28. The van der Waals surface area contributed by atoms with E-state index < -0.39 is 16.4 Å². The molecule has 0 aliphatic carbocycles. The Morgan fingerprint density at radius 3 is 2.53 bits per heavy atom. The minimum atomic E-state index is -1.22. The molecule has 2 fully saturated rings. The molecule has 3 unspecified atom stereocenters. The van der Waals surface area contributed by atoms with Gasteiger partial charge < -0.3 is 5.32 Å². The zero-order chi connectivity index (χ0) is 25.2. The largest absolute Gasteiger partial charge is 0.324 e.